The van der Waals surface area contributed by atoms with Crippen molar-refractivity contribution in [1.82, 2.24) is 4.57 Å². The molecule has 0 unspecified atom stereocenters. The van der Waals surface area contributed by atoms with E-state index >= 15 is 0 Å². The highest BCUT2D eigenvalue weighted by Gasteiger charge is 2.15. The van der Waals surface area contributed by atoms with Crippen LogP contribution in [0.3, 0.4) is 0 Å². The lowest BCUT2D eigenvalue weighted by atomic mass is 9.99. The Labute approximate surface area is 238 Å². The number of aromatic nitrogens is 1. The number of benzene rings is 6. The Hall–Kier alpha value is -4.18. The van der Waals surface area contributed by atoms with Gasteiger partial charge in [-0.05, 0) is 70.8 Å². The first-order valence-electron chi connectivity index (χ1n) is 13.0. The molecule has 0 N–H and O–H groups in total. The van der Waals surface area contributed by atoms with E-state index in [1.165, 1.54) is 69.9 Å². The first-order chi connectivity index (χ1) is 19.2. The van der Waals surface area contributed by atoms with Crippen molar-refractivity contribution in [3.63, 3.8) is 0 Å². The third-order valence-corrected chi connectivity index (χ3v) is 9.31. The van der Waals surface area contributed by atoms with Crippen molar-refractivity contribution in [3.05, 3.63) is 138 Å². The van der Waals surface area contributed by atoms with Crippen LogP contribution in [0.15, 0.2) is 138 Å². The standard InChI is InChI=1S/C36H22BrNS/c37-27-7-5-6-25(20-27)23-12-14-24(15-13-23)26-16-18-30-29-8-1-3-10-33(29)38(34(30)21-26)28-17-19-36-32(22-28)31-9-2-4-11-35(31)39-36/h1-22H. The average Bonchev–Trinajstić information content (AvgIpc) is 3.52. The van der Waals surface area contributed by atoms with Crippen LogP contribution in [0.5, 0.6) is 0 Å². The molecular weight excluding hydrogens is 558 g/mol. The third kappa shape index (κ3) is 3.73. The fraction of sp³-hybridized carbons (Fsp3) is 0. The molecule has 8 rings (SSSR count). The zero-order valence-electron chi connectivity index (χ0n) is 20.9. The molecule has 0 aliphatic rings. The Balaban J connectivity index is 1.31. The summed E-state index contributed by atoms with van der Waals surface area (Å²) in [7, 11) is 0. The van der Waals surface area contributed by atoms with Crippen molar-refractivity contribution in [3.8, 4) is 27.9 Å². The zero-order chi connectivity index (χ0) is 25.9. The Kier molecular flexibility index (Phi) is 5.22. The highest BCUT2D eigenvalue weighted by Crippen LogP contribution is 2.39. The minimum atomic E-state index is 1.09. The number of fused-ring (bicyclic) bond motifs is 6. The second-order valence-corrected chi connectivity index (χ2v) is 12.0. The largest absolute Gasteiger partial charge is 0.309 e. The molecular formula is C36H22BrNS. The minimum absolute atomic E-state index is 1.09. The molecule has 6 aromatic carbocycles. The molecule has 0 aliphatic carbocycles. The monoisotopic (exact) mass is 579 g/mol. The Morgan fingerprint density at radius 1 is 0.436 bits per heavy atom. The lowest BCUT2D eigenvalue weighted by molar-refractivity contribution is 1.19. The van der Waals surface area contributed by atoms with Crippen LogP contribution in [0.25, 0.3) is 69.9 Å². The molecule has 0 saturated carbocycles. The summed E-state index contributed by atoms with van der Waals surface area (Å²) in [6, 6.07) is 48.6. The maximum Gasteiger partial charge on any atom is 0.0547 e. The molecule has 2 heterocycles. The fourth-order valence-electron chi connectivity index (χ4n) is 5.80. The summed E-state index contributed by atoms with van der Waals surface area (Å²) in [6.45, 7) is 0. The molecule has 2 aromatic heterocycles. The van der Waals surface area contributed by atoms with Crippen molar-refractivity contribution in [1.29, 1.82) is 0 Å². The average molecular weight is 581 g/mol. The number of halogens is 1. The highest BCUT2D eigenvalue weighted by molar-refractivity contribution is 9.10. The van der Waals surface area contributed by atoms with E-state index in [-0.39, 0.29) is 0 Å². The SMILES string of the molecule is Brc1cccc(-c2ccc(-c3ccc4c5ccccc5n(-c5ccc6sc7ccccc7c6c5)c4c3)cc2)c1. The molecule has 0 aliphatic heterocycles. The van der Waals surface area contributed by atoms with Crippen LogP contribution >= 0.6 is 27.3 Å². The molecule has 0 amide bonds. The van der Waals surface area contributed by atoms with Gasteiger partial charge in [0.05, 0.1) is 11.0 Å². The van der Waals surface area contributed by atoms with Gasteiger partial charge in [-0.25, -0.2) is 0 Å². The van der Waals surface area contributed by atoms with Gasteiger partial charge in [-0.1, -0.05) is 101 Å². The second-order valence-electron chi connectivity index (χ2n) is 9.95. The molecule has 0 radical (unpaired) electrons. The Morgan fingerprint density at radius 3 is 1.92 bits per heavy atom. The van der Waals surface area contributed by atoms with Crippen molar-refractivity contribution >= 4 is 69.2 Å². The molecule has 0 bridgehead atoms. The Bertz CT molecular complexity index is 2180. The minimum Gasteiger partial charge on any atom is -0.309 e. The van der Waals surface area contributed by atoms with Gasteiger partial charge in [0.1, 0.15) is 0 Å². The summed E-state index contributed by atoms with van der Waals surface area (Å²) >= 11 is 5.46. The molecule has 0 atom stereocenters. The van der Waals surface area contributed by atoms with Crippen LogP contribution in [-0.2, 0) is 0 Å². The summed E-state index contributed by atoms with van der Waals surface area (Å²) in [6.07, 6.45) is 0. The number of nitrogens with zero attached hydrogens (tertiary/aromatic N) is 1. The summed E-state index contributed by atoms with van der Waals surface area (Å²) in [5.41, 5.74) is 8.51. The number of hydrogen-bond donors (Lipinski definition) is 0. The van der Waals surface area contributed by atoms with Crippen LogP contribution < -0.4 is 0 Å². The molecule has 0 spiro atoms. The molecule has 184 valence electrons. The molecule has 0 saturated heterocycles. The zero-order valence-corrected chi connectivity index (χ0v) is 23.3. The number of hydrogen-bond acceptors (Lipinski definition) is 1. The van der Waals surface area contributed by atoms with Crippen molar-refractivity contribution in [2.45, 2.75) is 0 Å². The predicted molar refractivity (Wildman–Crippen MR) is 172 cm³/mol. The van der Waals surface area contributed by atoms with E-state index in [2.05, 4.69) is 154 Å². The van der Waals surface area contributed by atoms with Crippen LogP contribution in [0.4, 0.5) is 0 Å². The van der Waals surface area contributed by atoms with Gasteiger partial charge in [-0.2, -0.15) is 0 Å². The smallest absolute Gasteiger partial charge is 0.0547 e. The predicted octanol–water partition coefficient (Wildman–Crippen LogP) is 11.2. The van der Waals surface area contributed by atoms with Crippen molar-refractivity contribution in [2.24, 2.45) is 0 Å². The van der Waals surface area contributed by atoms with E-state index in [0.29, 0.717) is 0 Å². The quantitative estimate of drug-likeness (QED) is 0.196. The van der Waals surface area contributed by atoms with Crippen LogP contribution in [-0.4, -0.2) is 4.57 Å². The lowest BCUT2D eigenvalue weighted by Gasteiger charge is -2.10. The van der Waals surface area contributed by atoms with Crippen molar-refractivity contribution in [2.75, 3.05) is 0 Å². The summed E-state index contributed by atoms with van der Waals surface area (Å²) < 4.78 is 6.18. The normalized spacial score (nSPS) is 11.7. The van der Waals surface area contributed by atoms with E-state index in [1.807, 2.05) is 11.3 Å². The van der Waals surface area contributed by atoms with E-state index in [0.717, 1.165) is 4.47 Å². The topological polar surface area (TPSA) is 4.93 Å². The summed E-state index contributed by atoms with van der Waals surface area (Å²) in [5, 5.41) is 5.19. The van der Waals surface area contributed by atoms with Gasteiger partial charge in [0.25, 0.3) is 0 Å². The van der Waals surface area contributed by atoms with E-state index in [9.17, 15) is 0 Å². The maximum atomic E-state index is 3.59. The van der Waals surface area contributed by atoms with Crippen LogP contribution in [0.2, 0.25) is 0 Å². The highest BCUT2D eigenvalue weighted by atomic mass is 79.9. The van der Waals surface area contributed by atoms with Crippen LogP contribution in [0, 0.1) is 0 Å². The summed E-state index contributed by atoms with van der Waals surface area (Å²) in [4.78, 5) is 0. The van der Waals surface area contributed by atoms with Gasteiger partial charge in [0, 0.05) is 41.1 Å². The second kappa shape index (κ2) is 8.94. The molecule has 8 aromatic rings. The van der Waals surface area contributed by atoms with E-state index in [4.69, 9.17) is 0 Å². The molecule has 1 nitrogen and oxygen atoms in total. The van der Waals surface area contributed by atoms with Gasteiger partial charge < -0.3 is 4.57 Å². The van der Waals surface area contributed by atoms with Crippen LogP contribution in [0.1, 0.15) is 0 Å². The fourth-order valence-corrected chi connectivity index (χ4v) is 7.29. The number of thiophene rings is 1. The molecule has 39 heavy (non-hydrogen) atoms. The van der Waals surface area contributed by atoms with E-state index < -0.39 is 0 Å². The first-order valence-corrected chi connectivity index (χ1v) is 14.7. The van der Waals surface area contributed by atoms with Gasteiger partial charge in [-0.15, -0.1) is 11.3 Å². The maximum absolute atomic E-state index is 3.59. The Morgan fingerprint density at radius 2 is 1.10 bits per heavy atom. The van der Waals surface area contributed by atoms with Gasteiger partial charge in [-0.3, -0.25) is 0 Å². The first kappa shape index (κ1) is 22.8. The molecule has 3 heteroatoms. The van der Waals surface area contributed by atoms with Gasteiger partial charge >= 0.3 is 0 Å². The lowest BCUT2D eigenvalue weighted by Crippen LogP contribution is -1.93. The van der Waals surface area contributed by atoms with Gasteiger partial charge in [0.2, 0.25) is 0 Å². The third-order valence-electron chi connectivity index (χ3n) is 7.67. The summed E-state index contributed by atoms with van der Waals surface area (Å²) in [5.74, 6) is 0. The number of para-hydroxylation sites is 1. The van der Waals surface area contributed by atoms with Crippen molar-refractivity contribution < 1.29 is 0 Å². The molecule has 0 fully saturated rings. The number of rotatable bonds is 3. The van der Waals surface area contributed by atoms with Gasteiger partial charge in [0.15, 0.2) is 0 Å². The van der Waals surface area contributed by atoms with E-state index in [1.54, 1.807) is 0 Å².